The van der Waals surface area contributed by atoms with Gasteiger partial charge in [0, 0.05) is 13.1 Å². The Morgan fingerprint density at radius 2 is 1.68 bits per heavy atom. The van der Waals surface area contributed by atoms with Crippen molar-refractivity contribution in [1.29, 1.82) is 0 Å². The summed E-state index contributed by atoms with van der Waals surface area (Å²) >= 11 is 6.19. The Labute approximate surface area is 151 Å². The number of halogens is 1. The van der Waals surface area contributed by atoms with E-state index < -0.39 is 0 Å². The van der Waals surface area contributed by atoms with Crippen molar-refractivity contribution in [3.63, 3.8) is 0 Å². The van der Waals surface area contributed by atoms with Gasteiger partial charge in [0.2, 0.25) is 5.89 Å². The van der Waals surface area contributed by atoms with Gasteiger partial charge in [-0.2, -0.15) is 0 Å². The Bertz CT molecular complexity index is 1000. The summed E-state index contributed by atoms with van der Waals surface area (Å²) in [5.74, 6) is 0.549. The van der Waals surface area contributed by atoms with Crippen LogP contribution in [0.3, 0.4) is 0 Å². The van der Waals surface area contributed by atoms with Crippen LogP contribution in [-0.4, -0.2) is 4.98 Å². The normalized spacial score (nSPS) is 11.1. The summed E-state index contributed by atoms with van der Waals surface area (Å²) in [5.41, 5.74) is 2.94. The predicted octanol–water partition coefficient (Wildman–Crippen LogP) is 5.44. The van der Waals surface area contributed by atoms with Gasteiger partial charge in [0.25, 0.3) is 0 Å². The zero-order chi connectivity index (χ0) is 17.1. The van der Waals surface area contributed by atoms with E-state index in [1.165, 1.54) is 16.3 Å². The second-order valence-corrected chi connectivity index (χ2v) is 6.27. The van der Waals surface area contributed by atoms with Gasteiger partial charge in [0.1, 0.15) is 6.26 Å². The van der Waals surface area contributed by atoms with Gasteiger partial charge in [0.15, 0.2) is 0 Å². The average Bonchev–Trinajstić information content (AvgIpc) is 3.11. The van der Waals surface area contributed by atoms with E-state index in [-0.39, 0.29) is 0 Å². The molecule has 0 amide bonds. The van der Waals surface area contributed by atoms with E-state index in [9.17, 15) is 0 Å². The number of benzene rings is 3. The lowest BCUT2D eigenvalue weighted by Gasteiger charge is -2.07. The van der Waals surface area contributed by atoms with Crippen molar-refractivity contribution in [1.82, 2.24) is 10.3 Å². The van der Waals surface area contributed by atoms with Crippen LogP contribution in [0.15, 0.2) is 77.4 Å². The van der Waals surface area contributed by atoms with Gasteiger partial charge in [-0.15, -0.1) is 0 Å². The van der Waals surface area contributed by atoms with Crippen molar-refractivity contribution in [3.05, 3.63) is 89.3 Å². The second kappa shape index (κ2) is 7.09. The van der Waals surface area contributed by atoms with E-state index >= 15 is 0 Å². The highest BCUT2D eigenvalue weighted by Crippen LogP contribution is 2.26. The fourth-order valence-electron chi connectivity index (χ4n) is 2.92. The number of aromatic nitrogens is 1. The van der Waals surface area contributed by atoms with Crippen LogP contribution in [0.2, 0.25) is 5.02 Å². The minimum Gasteiger partial charge on any atom is -0.444 e. The first-order valence-electron chi connectivity index (χ1n) is 8.18. The second-order valence-electron chi connectivity index (χ2n) is 5.87. The van der Waals surface area contributed by atoms with Crippen LogP contribution in [0.4, 0.5) is 0 Å². The third kappa shape index (κ3) is 3.43. The van der Waals surface area contributed by atoms with Gasteiger partial charge in [-0.3, -0.25) is 0 Å². The third-order valence-corrected chi connectivity index (χ3v) is 4.49. The molecule has 4 rings (SSSR count). The maximum Gasteiger partial charge on any atom is 0.227 e. The number of nitrogens with zero attached hydrogens (tertiary/aromatic N) is 1. The lowest BCUT2D eigenvalue weighted by atomic mass is 10.0. The van der Waals surface area contributed by atoms with Gasteiger partial charge < -0.3 is 9.73 Å². The smallest absolute Gasteiger partial charge is 0.227 e. The summed E-state index contributed by atoms with van der Waals surface area (Å²) in [5, 5.41) is 6.60. The molecule has 124 valence electrons. The number of hydrogen-bond acceptors (Lipinski definition) is 3. The maximum absolute atomic E-state index is 6.19. The quantitative estimate of drug-likeness (QED) is 0.522. The van der Waals surface area contributed by atoms with Gasteiger partial charge in [-0.25, -0.2) is 4.98 Å². The van der Waals surface area contributed by atoms with Crippen molar-refractivity contribution in [2.75, 3.05) is 0 Å². The van der Waals surface area contributed by atoms with Crippen molar-refractivity contribution in [2.45, 2.75) is 13.1 Å². The van der Waals surface area contributed by atoms with Crippen molar-refractivity contribution in [2.24, 2.45) is 0 Å². The molecular formula is C21H17ClN2O. The van der Waals surface area contributed by atoms with Gasteiger partial charge in [0.05, 0.1) is 16.3 Å². The molecule has 0 radical (unpaired) electrons. The van der Waals surface area contributed by atoms with E-state index in [4.69, 9.17) is 16.0 Å². The Kier molecular flexibility index (Phi) is 4.51. The molecule has 25 heavy (non-hydrogen) atoms. The summed E-state index contributed by atoms with van der Waals surface area (Å²) in [6.45, 7) is 1.41. The maximum atomic E-state index is 6.19. The molecule has 1 aromatic heterocycles. The first-order valence-corrected chi connectivity index (χ1v) is 8.56. The van der Waals surface area contributed by atoms with Crippen molar-refractivity contribution >= 4 is 22.4 Å². The SMILES string of the molecule is Clc1ccccc1-c1nc(CNCc2cccc3ccccc23)co1. The number of hydrogen-bond donors (Lipinski definition) is 1. The molecule has 1 heterocycles. The molecule has 0 atom stereocenters. The lowest BCUT2D eigenvalue weighted by Crippen LogP contribution is -2.13. The molecule has 3 nitrogen and oxygen atoms in total. The molecule has 0 bridgehead atoms. The summed E-state index contributed by atoms with van der Waals surface area (Å²) in [4.78, 5) is 4.52. The average molecular weight is 349 g/mol. The van der Waals surface area contributed by atoms with Gasteiger partial charge in [-0.05, 0) is 28.5 Å². The molecule has 0 saturated carbocycles. The number of oxazole rings is 1. The molecule has 0 fully saturated rings. The summed E-state index contributed by atoms with van der Waals surface area (Å²) in [6, 6.07) is 22.3. The fraction of sp³-hybridized carbons (Fsp3) is 0.0952. The number of fused-ring (bicyclic) bond motifs is 1. The largest absolute Gasteiger partial charge is 0.444 e. The number of rotatable bonds is 5. The van der Waals surface area contributed by atoms with Crippen LogP contribution < -0.4 is 5.32 Å². The van der Waals surface area contributed by atoms with Crippen LogP contribution in [0, 0.1) is 0 Å². The zero-order valence-electron chi connectivity index (χ0n) is 13.6. The van der Waals surface area contributed by atoms with Gasteiger partial charge >= 0.3 is 0 Å². The van der Waals surface area contributed by atoms with Crippen molar-refractivity contribution in [3.8, 4) is 11.5 Å². The standard InChI is InChI=1S/C21H17ClN2O/c22-20-11-4-3-10-19(20)21-24-17(14-25-21)13-23-12-16-8-5-7-15-6-1-2-9-18(15)16/h1-11,14,23H,12-13H2. The predicted molar refractivity (Wildman–Crippen MR) is 101 cm³/mol. The molecule has 0 spiro atoms. The molecule has 0 aliphatic carbocycles. The molecule has 0 saturated heterocycles. The Hall–Kier alpha value is -2.62. The molecule has 0 unspecified atom stereocenters. The first-order chi connectivity index (χ1) is 12.3. The van der Waals surface area contributed by atoms with Gasteiger partial charge in [-0.1, -0.05) is 66.2 Å². The lowest BCUT2D eigenvalue weighted by molar-refractivity contribution is 0.570. The van der Waals surface area contributed by atoms with Crippen LogP contribution in [-0.2, 0) is 13.1 Å². The highest BCUT2D eigenvalue weighted by molar-refractivity contribution is 6.33. The molecule has 4 heteroatoms. The molecule has 0 aliphatic rings. The molecule has 4 aromatic rings. The molecule has 0 aliphatic heterocycles. The van der Waals surface area contributed by atoms with Crippen LogP contribution in [0.5, 0.6) is 0 Å². The van der Waals surface area contributed by atoms with Crippen LogP contribution in [0.25, 0.3) is 22.2 Å². The first kappa shape index (κ1) is 15.9. The molecule has 1 N–H and O–H groups in total. The number of nitrogens with one attached hydrogen (secondary N) is 1. The van der Waals surface area contributed by atoms with E-state index in [1.807, 2.05) is 24.3 Å². The van der Waals surface area contributed by atoms with E-state index in [1.54, 1.807) is 6.26 Å². The minimum atomic E-state index is 0.549. The summed E-state index contributed by atoms with van der Waals surface area (Å²) < 4.78 is 5.57. The van der Waals surface area contributed by atoms with Crippen LogP contribution in [0.1, 0.15) is 11.3 Å². The van der Waals surface area contributed by atoms with E-state index in [0.29, 0.717) is 17.5 Å². The zero-order valence-corrected chi connectivity index (χ0v) is 14.3. The fourth-order valence-corrected chi connectivity index (χ4v) is 3.13. The van der Waals surface area contributed by atoms with Crippen molar-refractivity contribution < 1.29 is 4.42 Å². The third-order valence-electron chi connectivity index (χ3n) is 4.16. The summed E-state index contributed by atoms with van der Waals surface area (Å²) in [7, 11) is 0. The van der Waals surface area contributed by atoms with E-state index in [2.05, 4.69) is 52.8 Å². The highest BCUT2D eigenvalue weighted by atomic mass is 35.5. The minimum absolute atomic E-state index is 0.549. The Morgan fingerprint density at radius 3 is 2.60 bits per heavy atom. The monoisotopic (exact) mass is 348 g/mol. The Balaban J connectivity index is 1.45. The molecule has 3 aromatic carbocycles. The highest BCUT2D eigenvalue weighted by Gasteiger charge is 2.09. The van der Waals surface area contributed by atoms with Crippen LogP contribution >= 0.6 is 11.6 Å². The topological polar surface area (TPSA) is 38.1 Å². The Morgan fingerprint density at radius 1 is 0.880 bits per heavy atom. The summed E-state index contributed by atoms with van der Waals surface area (Å²) in [6.07, 6.45) is 1.68. The van der Waals surface area contributed by atoms with E-state index in [0.717, 1.165) is 17.8 Å². The molecular weight excluding hydrogens is 332 g/mol.